The molecule has 0 aliphatic carbocycles. The number of amides is 1. The third-order valence-electron chi connectivity index (χ3n) is 2.26. The zero-order valence-electron chi connectivity index (χ0n) is 9.26. The first kappa shape index (κ1) is 11.7. The van der Waals surface area contributed by atoms with Crippen molar-refractivity contribution in [2.24, 2.45) is 0 Å². The van der Waals surface area contributed by atoms with Crippen molar-refractivity contribution in [3.8, 4) is 0 Å². The van der Waals surface area contributed by atoms with Gasteiger partial charge in [0.05, 0.1) is 12.5 Å². The molecule has 2 rings (SSSR count). The van der Waals surface area contributed by atoms with Gasteiger partial charge < -0.3 is 9.73 Å². The van der Waals surface area contributed by atoms with Gasteiger partial charge in [-0.3, -0.25) is 4.79 Å². The highest BCUT2D eigenvalue weighted by Crippen LogP contribution is 2.07. The number of hydrogen-bond donors (Lipinski definition) is 1. The third-order valence-corrected chi connectivity index (χ3v) is 2.96. The topological polar surface area (TPSA) is 42.2 Å². The average molecular weight is 247 g/mol. The number of furan rings is 1. The molecule has 0 fully saturated rings. The van der Waals surface area contributed by atoms with Gasteiger partial charge >= 0.3 is 0 Å². The van der Waals surface area contributed by atoms with E-state index in [1.54, 1.807) is 29.9 Å². The monoisotopic (exact) mass is 247 g/mol. The van der Waals surface area contributed by atoms with Crippen LogP contribution in [-0.4, -0.2) is 12.5 Å². The van der Waals surface area contributed by atoms with Crippen molar-refractivity contribution in [3.05, 3.63) is 52.6 Å². The second-order valence-corrected chi connectivity index (χ2v) is 4.34. The Labute approximate surface area is 104 Å². The van der Waals surface area contributed by atoms with Crippen LogP contribution in [-0.2, 0) is 11.2 Å². The van der Waals surface area contributed by atoms with E-state index in [1.165, 1.54) is 0 Å². The molecule has 88 valence electrons. The Hall–Kier alpha value is -1.81. The highest BCUT2D eigenvalue weighted by molar-refractivity contribution is 7.08. The Morgan fingerprint density at radius 1 is 1.47 bits per heavy atom. The van der Waals surface area contributed by atoms with Crippen LogP contribution in [0.2, 0.25) is 0 Å². The van der Waals surface area contributed by atoms with Gasteiger partial charge in [0.25, 0.3) is 0 Å². The minimum Gasteiger partial charge on any atom is -0.472 e. The Morgan fingerprint density at radius 2 is 2.41 bits per heavy atom. The fourth-order valence-electron chi connectivity index (χ4n) is 1.37. The summed E-state index contributed by atoms with van der Waals surface area (Å²) in [5.74, 6) is -0.0697. The van der Waals surface area contributed by atoms with Crippen LogP contribution in [0.4, 0.5) is 0 Å². The standard InChI is InChI=1S/C13H13NO2S/c15-13(2-1-12-5-8-17-10-12)14-6-3-11-4-7-16-9-11/h1-2,4-5,7-10H,3,6H2,(H,14,15)/b2-1+. The minimum atomic E-state index is -0.0697. The summed E-state index contributed by atoms with van der Waals surface area (Å²) in [4.78, 5) is 11.4. The summed E-state index contributed by atoms with van der Waals surface area (Å²) in [5.41, 5.74) is 2.15. The molecule has 1 amide bonds. The van der Waals surface area contributed by atoms with E-state index < -0.39 is 0 Å². The first-order valence-electron chi connectivity index (χ1n) is 5.34. The van der Waals surface area contributed by atoms with Crippen molar-refractivity contribution >= 4 is 23.3 Å². The lowest BCUT2D eigenvalue weighted by molar-refractivity contribution is -0.116. The van der Waals surface area contributed by atoms with Gasteiger partial charge in [-0.15, -0.1) is 0 Å². The lowest BCUT2D eigenvalue weighted by Gasteiger charge is -1.99. The van der Waals surface area contributed by atoms with Gasteiger partial charge in [-0.1, -0.05) is 0 Å². The van der Waals surface area contributed by atoms with Gasteiger partial charge in [-0.05, 0) is 46.5 Å². The molecule has 0 atom stereocenters. The van der Waals surface area contributed by atoms with E-state index >= 15 is 0 Å². The van der Waals surface area contributed by atoms with Gasteiger partial charge in [0.15, 0.2) is 0 Å². The molecule has 0 saturated carbocycles. The SMILES string of the molecule is O=C(/C=C/c1ccsc1)NCCc1ccoc1. The molecule has 2 aromatic rings. The first-order chi connectivity index (χ1) is 8.34. The summed E-state index contributed by atoms with van der Waals surface area (Å²) >= 11 is 1.61. The van der Waals surface area contributed by atoms with Crippen LogP contribution in [0.15, 0.2) is 45.9 Å². The van der Waals surface area contributed by atoms with Crippen LogP contribution in [0.1, 0.15) is 11.1 Å². The van der Waals surface area contributed by atoms with Crippen LogP contribution in [0.3, 0.4) is 0 Å². The second kappa shape index (κ2) is 6.06. The van der Waals surface area contributed by atoms with E-state index in [9.17, 15) is 4.79 Å². The number of rotatable bonds is 5. The van der Waals surface area contributed by atoms with Crippen LogP contribution >= 0.6 is 11.3 Å². The van der Waals surface area contributed by atoms with Crippen LogP contribution in [0.5, 0.6) is 0 Å². The van der Waals surface area contributed by atoms with Gasteiger partial charge in [0.1, 0.15) is 0 Å². The van der Waals surface area contributed by atoms with Crippen molar-refractivity contribution in [1.29, 1.82) is 0 Å². The second-order valence-electron chi connectivity index (χ2n) is 3.56. The molecule has 17 heavy (non-hydrogen) atoms. The summed E-state index contributed by atoms with van der Waals surface area (Å²) in [7, 11) is 0. The summed E-state index contributed by atoms with van der Waals surface area (Å²) in [5, 5.41) is 6.80. The summed E-state index contributed by atoms with van der Waals surface area (Å²) in [6, 6.07) is 3.87. The van der Waals surface area contributed by atoms with Crippen molar-refractivity contribution in [2.75, 3.05) is 6.54 Å². The molecule has 0 spiro atoms. The van der Waals surface area contributed by atoms with Gasteiger partial charge in [0.2, 0.25) is 5.91 Å². The maximum absolute atomic E-state index is 11.4. The lowest BCUT2D eigenvalue weighted by atomic mass is 10.2. The fourth-order valence-corrected chi connectivity index (χ4v) is 1.99. The van der Waals surface area contributed by atoms with Crippen LogP contribution in [0, 0.1) is 0 Å². The van der Waals surface area contributed by atoms with Gasteiger partial charge in [-0.2, -0.15) is 11.3 Å². The predicted octanol–water partition coefficient (Wildman–Crippen LogP) is 2.71. The molecule has 0 radical (unpaired) electrons. The van der Waals surface area contributed by atoms with Crippen LogP contribution < -0.4 is 5.32 Å². The van der Waals surface area contributed by atoms with E-state index in [1.807, 2.05) is 29.0 Å². The number of thiophene rings is 1. The molecule has 0 unspecified atom stereocenters. The molecular weight excluding hydrogens is 234 g/mol. The van der Waals surface area contributed by atoms with Crippen molar-refractivity contribution < 1.29 is 9.21 Å². The Morgan fingerprint density at radius 3 is 3.12 bits per heavy atom. The Kier molecular flexibility index (Phi) is 4.16. The third kappa shape index (κ3) is 3.92. The minimum absolute atomic E-state index is 0.0697. The Balaban J connectivity index is 1.71. The van der Waals surface area contributed by atoms with E-state index in [2.05, 4.69) is 5.32 Å². The number of carbonyl (C=O) groups excluding carboxylic acids is 1. The van der Waals surface area contributed by atoms with E-state index in [-0.39, 0.29) is 5.91 Å². The van der Waals surface area contributed by atoms with Gasteiger partial charge in [0, 0.05) is 12.6 Å². The summed E-state index contributed by atoms with van der Waals surface area (Å²) in [6.07, 6.45) is 7.47. The van der Waals surface area contributed by atoms with Crippen molar-refractivity contribution in [3.63, 3.8) is 0 Å². The van der Waals surface area contributed by atoms with Crippen LogP contribution in [0.25, 0.3) is 6.08 Å². The maximum atomic E-state index is 11.4. The molecule has 0 bridgehead atoms. The van der Waals surface area contributed by atoms with Crippen molar-refractivity contribution in [1.82, 2.24) is 5.32 Å². The zero-order valence-corrected chi connectivity index (χ0v) is 10.1. The first-order valence-corrected chi connectivity index (χ1v) is 6.28. The number of nitrogens with one attached hydrogen (secondary N) is 1. The maximum Gasteiger partial charge on any atom is 0.244 e. The van der Waals surface area contributed by atoms with E-state index in [4.69, 9.17) is 4.42 Å². The normalized spacial score (nSPS) is 10.8. The molecule has 2 heterocycles. The number of carbonyl (C=O) groups is 1. The Bertz CT molecular complexity index is 472. The van der Waals surface area contributed by atoms with E-state index in [0.717, 1.165) is 17.5 Å². The van der Waals surface area contributed by atoms with Gasteiger partial charge in [-0.25, -0.2) is 0 Å². The molecular formula is C13H13NO2S. The zero-order chi connectivity index (χ0) is 11.9. The van der Waals surface area contributed by atoms with E-state index in [0.29, 0.717) is 6.54 Å². The summed E-state index contributed by atoms with van der Waals surface area (Å²) < 4.78 is 4.94. The molecule has 4 heteroatoms. The average Bonchev–Trinajstić information content (AvgIpc) is 2.99. The molecule has 3 nitrogen and oxygen atoms in total. The lowest BCUT2D eigenvalue weighted by Crippen LogP contribution is -2.23. The highest BCUT2D eigenvalue weighted by Gasteiger charge is 1.97. The largest absolute Gasteiger partial charge is 0.472 e. The molecule has 0 aliphatic heterocycles. The van der Waals surface area contributed by atoms with Crippen molar-refractivity contribution in [2.45, 2.75) is 6.42 Å². The molecule has 2 aromatic heterocycles. The predicted molar refractivity (Wildman–Crippen MR) is 68.8 cm³/mol. The summed E-state index contributed by atoms with van der Waals surface area (Å²) in [6.45, 7) is 0.617. The molecule has 1 N–H and O–H groups in total. The number of hydrogen-bond acceptors (Lipinski definition) is 3. The highest BCUT2D eigenvalue weighted by atomic mass is 32.1. The molecule has 0 aromatic carbocycles. The smallest absolute Gasteiger partial charge is 0.244 e. The fraction of sp³-hybridized carbons (Fsp3) is 0.154. The molecule has 0 aliphatic rings. The molecule has 0 saturated heterocycles. The quantitative estimate of drug-likeness (QED) is 0.825.